The third-order valence-electron chi connectivity index (χ3n) is 2.29. The van der Waals surface area contributed by atoms with E-state index in [1.165, 1.54) is 6.07 Å². The molecule has 0 unspecified atom stereocenters. The third-order valence-corrected chi connectivity index (χ3v) is 3.07. The van der Waals surface area contributed by atoms with Gasteiger partial charge in [0, 0.05) is 0 Å². The molecule has 0 saturated carbocycles. The maximum Gasteiger partial charge on any atom is 0.321 e. The first-order valence-electron chi connectivity index (χ1n) is 5.71. The fraction of sp³-hybridized carbons (Fsp3) is 0.250. The van der Waals surface area contributed by atoms with E-state index in [2.05, 4.69) is 30.9 Å². The molecule has 0 saturated heterocycles. The number of halogens is 4. The molecular formula is C12H9BrClF2N3O. The van der Waals surface area contributed by atoms with Gasteiger partial charge in [-0.3, -0.25) is 0 Å². The molecule has 1 aromatic carbocycles. The lowest BCUT2D eigenvalue weighted by Crippen LogP contribution is -2.04. The van der Waals surface area contributed by atoms with E-state index in [0.717, 1.165) is 12.5 Å². The molecule has 1 aromatic heterocycles. The van der Waals surface area contributed by atoms with Gasteiger partial charge in [-0.2, -0.15) is 15.0 Å². The van der Waals surface area contributed by atoms with Crippen LogP contribution in [0.25, 0.3) is 11.4 Å². The van der Waals surface area contributed by atoms with Crippen LogP contribution < -0.4 is 4.74 Å². The lowest BCUT2D eigenvalue weighted by atomic mass is 10.2. The maximum absolute atomic E-state index is 14.0. The highest BCUT2D eigenvalue weighted by atomic mass is 79.9. The molecule has 2 aromatic rings. The van der Waals surface area contributed by atoms with Gasteiger partial charge in [0.1, 0.15) is 5.82 Å². The molecule has 0 N–H and O–H groups in total. The Morgan fingerprint density at radius 3 is 2.70 bits per heavy atom. The second-order valence-electron chi connectivity index (χ2n) is 3.78. The Morgan fingerprint density at radius 1 is 1.25 bits per heavy atom. The van der Waals surface area contributed by atoms with Gasteiger partial charge in [-0.15, -0.1) is 0 Å². The van der Waals surface area contributed by atoms with E-state index in [1.54, 1.807) is 0 Å². The van der Waals surface area contributed by atoms with Crippen LogP contribution in [0.4, 0.5) is 8.78 Å². The van der Waals surface area contributed by atoms with Crippen LogP contribution in [0, 0.1) is 11.6 Å². The van der Waals surface area contributed by atoms with E-state index >= 15 is 0 Å². The minimum absolute atomic E-state index is 0.0689. The number of aromatic nitrogens is 3. The lowest BCUT2D eigenvalue weighted by Gasteiger charge is -2.07. The lowest BCUT2D eigenvalue weighted by molar-refractivity contribution is 0.291. The molecule has 0 aliphatic heterocycles. The summed E-state index contributed by atoms with van der Waals surface area (Å²) in [5.74, 6) is -1.82. The van der Waals surface area contributed by atoms with Gasteiger partial charge in [0.05, 0.1) is 16.6 Å². The second-order valence-corrected chi connectivity index (χ2v) is 4.97. The van der Waals surface area contributed by atoms with E-state index in [-0.39, 0.29) is 27.2 Å². The van der Waals surface area contributed by atoms with Crippen LogP contribution in [0.2, 0.25) is 5.28 Å². The summed E-state index contributed by atoms with van der Waals surface area (Å²) in [7, 11) is 0. The molecule has 0 radical (unpaired) electrons. The van der Waals surface area contributed by atoms with Gasteiger partial charge in [-0.1, -0.05) is 6.92 Å². The zero-order valence-corrected chi connectivity index (χ0v) is 12.7. The maximum atomic E-state index is 14.0. The Kier molecular flexibility index (Phi) is 4.82. The van der Waals surface area contributed by atoms with Crippen molar-refractivity contribution in [1.82, 2.24) is 15.0 Å². The van der Waals surface area contributed by atoms with Crippen molar-refractivity contribution >= 4 is 27.5 Å². The van der Waals surface area contributed by atoms with Crippen molar-refractivity contribution < 1.29 is 13.5 Å². The molecule has 2 rings (SSSR count). The number of nitrogens with zero attached hydrogens (tertiary/aromatic N) is 3. The summed E-state index contributed by atoms with van der Waals surface area (Å²) >= 11 is 8.70. The van der Waals surface area contributed by atoms with E-state index in [4.69, 9.17) is 16.3 Å². The fourth-order valence-corrected chi connectivity index (χ4v) is 1.92. The first-order valence-corrected chi connectivity index (χ1v) is 6.88. The number of ether oxygens (including phenoxy) is 1. The summed E-state index contributed by atoms with van der Waals surface area (Å²) in [5, 5.41) is -0.195. The Labute approximate surface area is 127 Å². The Morgan fingerprint density at radius 2 is 2.00 bits per heavy atom. The SMILES string of the molecule is CCCOc1nc(Cl)nc(-c2c(F)ccc(Br)c2F)n1. The molecule has 0 spiro atoms. The highest BCUT2D eigenvalue weighted by Crippen LogP contribution is 2.29. The molecule has 0 aliphatic rings. The predicted octanol–water partition coefficient (Wildman–Crippen LogP) is 4.02. The Balaban J connectivity index is 2.52. The minimum Gasteiger partial charge on any atom is -0.463 e. The average Bonchev–Trinajstić information content (AvgIpc) is 2.41. The molecule has 0 aliphatic carbocycles. The van der Waals surface area contributed by atoms with Gasteiger partial charge in [0.25, 0.3) is 0 Å². The molecule has 0 fully saturated rings. The van der Waals surface area contributed by atoms with Gasteiger partial charge >= 0.3 is 6.01 Å². The van der Waals surface area contributed by atoms with Crippen molar-refractivity contribution in [1.29, 1.82) is 0 Å². The zero-order chi connectivity index (χ0) is 14.7. The van der Waals surface area contributed by atoms with Crippen molar-refractivity contribution in [3.8, 4) is 17.4 Å². The van der Waals surface area contributed by atoms with Gasteiger partial charge in [-0.05, 0) is 46.1 Å². The molecule has 106 valence electrons. The molecule has 1 heterocycles. The second kappa shape index (κ2) is 6.41. The number of rotatable bonds is 4. The average molecular weight is 365 g/mol. The molecule has 0 atom stereocenters. The van der Waals surface area contributed by atoms with Crippen LogP contribution in [-0.4, -0.2) is 21.6 Å². The summed E-state index contributed by atoms with van der Waals surface area (Å²) in [6, 6.07) is 2.29. The summed E-state index contributed by atoms with van der Waals surface area (Å²) in [5.41, 5.74) is -0.384. The minimum atomic E-state index is -0.811. The van der Waals surface area contributed by atoms with Gasteiger partial charge in [0.15, 0.2) is 11.6 Å². The van der Waals surface area contributed by atoms with Crippen molar-refractivity contribution in [2.24, 2.45) is 0 Å². The van der Waals surface area contributed by atoms with Crippen LogP contribution >= 0.6 is 27.5 Å². The monoisotopic (exact) mass is 363 g/mol. The Hall–Kier alpha value is -1.34. The highest BCUT2D eigenvalue weighted by Gasteiger charge is 2.19. The number of benzene rings is 1. The summed E-state index contributed by atoms with van der Waals surface area (Å²) < 4.78 is 33.1. The molecule has 20 heavy (non-hydrogen) atoms. The molecule has 0 bridgehead atoms. The van der Waals surface area contributed by atoms with Crippen molar-refractivity contribution in [2.45, 2.75) is 13.3 Å². The van der Waals surface area contributed by atoms with Crippen molar-refractivity contribution in [3.63, 3.8) is 0 Å². The summed E-state index contributed by atoms with van der Waals surface area (Å²) in [6.07, 6.45) is 0.734. The van der Waals surface area contributed by atoms with Crippen LogP contribution in [0.3, 0.4) is 0 Å². The first-order chi connectivity index (χ1) is 9.52. The molecule has 0 amide bonds. The summed E-state index contributed by atoms with van der Waals surface area (Å²) in [4.78, 5) is 11.4. The Bertz CT molecular complexity index is 642. The van der Waals surface area contributed by atoms with E-state index in [0.29, 0.717) is 6.61 Å². The van der Waals surface area contributed by atoms with Crippen molar-refractivity contribution in [3.05, 3.63) is 33.5 Å². The topological polar surface area (TPSA) is 47.9 Å². The molecule has 4 nitrogen and oxygen atoms in total. The third kappa shape index (κ3) is 3.21. The van der Waals surface area contributed by atoms with Crippen LogP contribution in [0.1, 0.15) is 13.3 Å². The highest BCUT2D eigenvalue weighted by molar-refractivity contribution is 9.10. The van der Waals surface area contributed by atoms with E-state index in [9.17, 15) is 8.78 Å². The molecule has 8 heteroatoms. The van der Waals surface area contributed by atoms with Crippen LogP contribution in [-0.2, 0) is 0 Å². The van der Waals surface area contributed by atoms with E-state index < -0.39 is 11.6 Å². The largest absolute Gasteiger partial charge is 0.463 e. The smallest absolute Gasteiger partial charge is 0.321 e. The van der Waals surface area contributed by atoms with Crippen LogP contribution in [0.15, 0.2) is 16.6 Å². The number of hydrogen-bond donors (Lipinski definition) is 0. The predicted molar refractivity (Wildman–Crippen MR) is 73.7 cm³/mol. The fourth-order valence-electron chi connectivity index (χ4n) is 1.43. The van der Waals surface area contributed by atoms with Crippen molar-refractivity contribution in [2.75, 3.05) is 6.61 Å². The normalized spacial score (nSPS) is 10.7. The summed E-state index contributed by atoms with van der Waals surface area (Å²) in [6.45, 7) is 2.26. The van der Waals surface area contributed by atoms with Gasteiger partial charge in [0.2, 0.25) is 5.28 Å². The quantitative estimate of drug-likeness (QED) is 0.769. The van der Waals surface area contributed by atoms with Crippen LogP contribution in [0.5, 0.6) is 6.01 Å². The number of hydrogen-bond acceptors (Lipinski definition) is 4. The van der Waals surface area contributed by atoms with E-state index in [1.807, 2.05) is 6.92 Å². The zero-order valence-electron chi connectivity index (χ0n) is 10.3. The first kappa shape index (κ1) is 15.1. The molecular weight excluding hydrogens is 356 g/mol. The van der Waals surface area contributed by atoms with Gasteiger partial charge in [-0.25, -0.2) is 8.78 Å². The standard InChI is InChI=1S/C12H9BrClF2N3O/c1-2-5-20-12-18-10(17-11(14)19-12)8-7(15)4-3-6(13)9(8)16/h3-4H,2,5H2,1H3. The van der Waals surface area contributed by atoms with Gasteiger partial charge < -0.3 is 4.74 Å².